The van der Waals surface area contributed by atoms with E-state index in [0.717, 1.165) is 24.3 Å². The van der Waals surface area contributed by atoms with Gasteiger partial charge < -0.3 is 5.11 Å². The van der Waals surface area contributed by atoms with E-state index in [1.807, 2.05) is 6.92 Å². The summed E-state index contributed by atoms with van der Waals surface area (Å²) in [6, 6.07) is 6.42. The zero-order chi connectivity index (χ0) is 19.0. The molecule has 0 heterocycles. The van der Waals surface area contributed by atoms with Gasteiger partial charge in [0.15, 0.2) is 15.1 Å². The summed E-state index contributed by atoms with van der Waals surface area (Å²) in [5, 5.41) is 8.07. The monoisotopic (exact) mass is 380 g/mol. The number of rotatable bonds is 10. The van der Waals surface area contributed by atoms with Crippen molar-refractivity contribution in [1.82, 2.24) is 0 Å². The molecule has 1 N–H and O–H groups in total. The van der Waals surface area contributed by atoms with Gasteiger partial charge in [-0.25, -0.2) is 8.42 Å². The fraction of sp³-hybridized carbons (Fsp3) is 0.667. The van der Waals surface area contributed by atoms with Crippen LogP contribution in [0.2, 0.25) is 0 Å². The number of aliphatic carboxylic acids is 1. The van der Waals surface area contributed by atoms with Crippen molar-refractivity contribution in [2.75, 3.05) is 0 Å². The fourth-order valence-electron chi connectivity index (χ4n) is 3.90. The maximum absolute atomic E-state index is 12.6. The Hall–Kier alpha value is -1.36. The van der Waals surface area contributed by atoms with Crippen molar-refractivity contribution >= 4 is 15.8 Å². The van der Waals surface area contributed by atoms with E-state index in [9.17, 15) is 18.3 Å². The number of unbranched alkanes of at least 4 members (excludes halogenated alkanes) is 3. The first-order valence-electron chi connectivity index (χ1n) is 9.94. The molecule has 1 aliphatic rings. The maximum Gasteiger partial charge on any atom is 0.322 e. The lowest BCUT2D eigenvalue weighted by atomic mass is 9.85. The first kappa shape index (κ1) is 20.9. The third kappa shape index (κ3) is 6.11. The van der Waals surface area contributed by atoms with Crippen molar-refractivity contribution in [3.8, 4) is 0 Å². The highest BCUT2D eigenvalue weighted by Gasteiger charge is 2.33. The third-order valence-electron chi connectivity index (χ3n) is 5.55. The summed E-state index contributed by atoms with van der Waals surface area (Å²) >= 11 is 0. The second-order valence-electron chi connectivity index (χ2n) is 7.68. The highest BCUT2D eigenvalue weighted by atomic mass is 32.2. The summed E-state index contributed by atoms with van der Waals surface area (Å²) in [7, 11) is -3.83. The van der Waals surface area contributed by atoms with Crippen LogP contribution in [0.3, 0.4) is 0 Å². The van der Waals surface area contributed by atoms with Gasteiger partial charge in [-0.15, -0.1) is 0 Å². The second kappa shape index (κ2) is 10.1. The molecule has 26 heavy (non-hydrogen) atoms. The highest BCUT2D eigenvalue weighted by Crippen LogP contribution is 2.28. The molecule has 146 valence electrons. The Kier molecular flexibility index (Phi) is 8.14. The van der Waals surface area contributed by atoms with Crippen LogP contribution in [0.1, 0.15) is 76.2 Å². The van der Waals surface area contributed by atoms with Crippen LogP contribution in [0.25, 0.3) is 0 Å². The molecule has 1 aliphatic carbocycles. The second-order valence-corrected chi connectivity index (χ2v) is 9.81. The Balaban J connectivity index is 1.78. The lowest BCUT2D eigenvalue weighted by Gasteiger charge is -2.21. The third-order valence-corrected chi connectivity index (χ3v) is 7.67. The van der Waals surface area contributed by atoms with Crippen molar-refractivity contribution in [2.24, 2.45) is 5.92 Å². The number of hydrogen-bond donors (Lipinski definition) is 1. The number of carboxylic acids is 1. The molecule has 4 nitrogen and oxygen atoms in total. The van der Waals surface area contributed by atoms with Gasteiger partial charge in [0.05, 0.1) is 4.90 Å². The van der Waals surface area contributed by atoms with Crippen LogP contribution in [-0.4, -0.2) is 24.7 Å². The highest BCUT2D eigenvalue weighted by molar-refractivity contribution is 7.92. The first-order valence-corrected chi connectivity index (χ1v) is 11.5. The number of sulfone groups is 1. The Morgan fingerprint density at radius 3 is 2.27 bits per heavy atom. The van der Waals surface area contributed by atoms with Gasteiger partial charge in [-0.05, 0) is 31.4 Å². The van der Waals surface area contributed by atoms with Gasteiger partial charge in [0, 0.05) is 0 Å². The van der Waals surface area contributed by atoms with Crippen LogP contribution in [0.15, 0.2) is 29.2 Å². The number of benzene rings is 1. The van der Waals surface area contributed by atoms with Crippen molar-refractivity contribution in [2.45, 2.75) is 87.7 Å². The van der Waals surface area contributed by atoms with Crippen molar-refractivity contribution in [3.05, 3.63) is 29.8 Å². The molecule has 1 fully saturated rings. The average Bonchev–Trinajstić information content (AvgIpc) is 2.61. The molecule has 0 spiro atoms. The molecule has 1 aromatic carbocycles. The van der Waals surface area contributed by atoms with E-state index in [1.54, 1.807) is 12.1 Å². The van der Waals surface area contributed by atoms with E-state index in [1.165, 1.54) is 57.1 Å². The Labute approximate surface area is 157 Å². The SMILES string of the molecule is Cc1ccc(S(=O)(=O)C(CCCCCCC2CCCCC2)C(=O)O)cc1. The molecule has 0 saturated heterocycles. The summed E-state index contributed by atoms with van der Waals surface area (Å²) in [4.78, 5) is 11.6. The molecule has 1 unspecified atom stereocenters. The molecular weight excluding hydrogens is 348 g/mol. The van der Waals surface area contributed by atoms with Crippen LogP contribution in [0, 0.1) is 12.8 Å². The predicted molar refractivity (Wildman–Crippen MR) is 104 cm³/mol. The summed E-state index contributed by atoms with van der Waals surface area (Å²) < 4.78 is 25.3. The van der Waals surface area contributed by atoms with Gasteiger partial charge >= 0.3 is 5.97 Å². The topological polar surface area (TPSA) is 71.4 Å². The molecule has 0 aliphatic heterocycles. The minimum Gasteiger partial charge on any atom is -0.480 e. The normalized spacial score (nSPS) is 17.1. The van der Waals surface area contributed by atoms with Crippen LogP contribution < -0.4 is 0 Å². The predicted octanol–water partition coefficient (Wildman–Crippen LogP) is 5.14. The molecular formula is C21H32O4S. The van der Waals surface area contributed by atoms with E-state index in [-0.39, 0.29) is 11.3 Å². The lowest BCUT2D eigenvalue weighted by Crippen LogP contribution is -2.30. The van der Waals surface area contributed by atoms with Gasteiger partial charge in [-0.3, -0.25) is 4.79 Å². The van der Waals surface area contributed by atoms with Gasteiger partial charge in [0.1, 0.15) is 0 Å². The smallest absolute Gasteiger partial charge is 0.322 e. The molecule has 0 amide bonds. The number of aryl methyl sites for hydroxylation is 1. The summed E-state index contributed by atoms with van der Waals surface area (Å²) in [6.07, 6.45) is 12.1. The van der Waals surface area contributed by atoms with Gasteiger partial charge in [0.25, 0.3) is 0 Å². The van der Waals surface area contributed by atoms with E-state index in [2.05, 4.69) is 0 Å². The van der Waals surface area contributed by atoms with Crippen LogP contribution in [0.4, 0.5) is 0 Å². The fourth-order valence-corrected chi connectivity index (χ4v) is 5.48. The van der Waals surface area contributed by atoms with Crippen molar-refractivity contribution in [3.63, 3.8) is 0 Å². The molecule has 2 rings (SSSR count). The van der Waals surface area contributed by atoms with E-state index < -0.39 is 21.1 Å². The van der Waals surface area contributed by atoms with Crippen LogP contribution >= 0.6 is 0 Å². The van der Waals surface area contributed by atoms with Crippen molar-refractivity contribution in [1.29, 1.82) is 0 Å². The van der Waals surface area contributed by atoms with Gasteiger partial charge in [0.2, 0.25) is 0 Å². The Bertz CT molecular complexity index is 658. The number of carboxylic acid groups (broad SMARTS) is 1. The minimum atomic E-state index is -3.83. The Morgan fingerprint density at radius 2 is 1.65 bits per heavy atom. The zero-order valence-corrected chi connectivity index (χ0v) is 16.6. The first-order chi connectivity index (χ1) is 12.4. The standard InChI is InChI=1S/C21H32O4S/c1-17-13-15-19(16-14-17)26(24,25)20(21(22)23)12-8-3-2-5-9-18-10-6-4-7-11-18/h13-16,18,20H,2-12H2,1H3,(H,22,23). The maximum atomic E-state index is 12.6. The molecule has 1 aromatic rings. The van der Waals surface area contributed by atoms with E-state index >= 15 is 0 Å². The number of hydrogen-bond acceptors (Lipinski definition) is 3. The Morgan fingerprint density at radius 1 is 1.04 bits per heavy atom. The summed E-state index contributed by atoms with van der Waals surface area (Å²) in [5.41, 5.74) is 0.953. The summed E-state index contributed by atoms with van der Waals surface area (Å²) in [5.74, 6) is -0.370. The molecule has 0 radical (unpaired) electrons. The van der Waals surface area contributed by atoms with Gasteiger partial charge in [-0.2, -0.15) is 0 Å². The van der Waals surface area contributed by atoms with E-state index in [0.29, 0.717) is 6.42 Å². The van der Waals surface area contributed by atoms with Crippen LogP contribution in [0.5, 0.6) is 0 Å². The number of carbonyl (C=O) groups is 1. The molecule has 0 aromatic heterocycles. The van der Waals surface area contributed by atoms with E-state index in [4.69, 9.17) is 0 Å². The summed E-state index contributed by atoms with van der Waals surface area (Å²) in [6.45, 7) is 1.87. The quantitative estimate of drug-likeness (QED) is 0.570. The largest absolute Gasteiger partial charge is 0.480 e. The molecule has 1 saturated carbocycles. The average molecular weight is 381 g/mol. The minimum absolute atomic E-state index is 0.104. The van der Waals surface area contributed by atoms with Crippen molar-refractivity contribution < 1.29 is 18.3 Å². The van der Waals surface area contributed by atoms with Gasteiger partial charge in [-0.1, -0.05) is 81.9 Å². The lowest BCUT2D eigenvalue weighted by molar-refractivity contribution is -0.136. The van der Waals surface area contributed by atoms with Crippen LogP contribution in [-0.2, 0) is 14.6 Å². The molecule has 5 heteroatoms. The molecule has 1 atom stereocenters. The molecule has 0 bridgehead atoms. The zero-order valence-electron chi connectivity index (χ0n) is 15.8.